The number of pyridine rings is 1. The van der Waals surface area contributed by atoms with Crippen LogP contribution in [-0.2, 0) is 0 Å². The Kier molecular flexibility index (Phi) is 6.31. The van der Waals surface area contributed by atoms with E-state index in [1.165, 1.54) is 12.3 Å². The van der Waals surface area contributed by atoms with E-state index in [1.54, 1.807) is 59.4 Å². The Labute approximate surface area is 222 Å². The van der Waals surface area contributed by atoms with Gasteiger partial charge in [-0.25, -0.2) is 4.39 Å². The van der Waals surface area contributed by atoms with Gasteiger partial charge >= 0.3 is 5.69 Å². The minimum atomic E-state index is -0.448. The summed E-state index contributed by atoms with van der Waals surface area (Å²) in [6, 6.07) is 14.9. The lowest BCUT2D eigenvalue weighted by atomic mass is 9.79. The first-order chi connectivity index (χ1) is 19.0. The molecule has 6 rings (SSSR count). The Balaban J connectivity index is 1.28. The van der Waals surface area contributed by atoms with Crippen LogP contribution in [0.3, 0.4) is 0 Å². The molecule has 1 saturated carbocycles. The summed E-state index contributed by atoms with van der Waals surface area (Å²) >= 11 is 0. The molecule has 2 N–H and O–H groups in total. The molecule has 1 aliphatic rings. The number of hydrogen-bond acceptors (Lipinski definition) is 7. The number of para-hydroxylation sites is 2. The molecule has 39 heavy (non-hydrogen) atoms. The number of ether oxygens (including phenoxy) is 1. The van der Waals surface area contributed by atoms with Gasteiger partial charge in [0.05, 0.1) is 23.4 Å². The maximum Gasteiger partial charge on any atom is 0.302 e. The van der Waals surface area contributed by atoms with Crippen LogP contribution in [0.15, 0.2) is 73.2 Å². The summed E-state index contributed by atoms with van der Waals surface area (Å²) in [5, 5.41) is 22.5. The van der Waals surface area contributed by atoms with E-state index in [2.05, 4.69) is 25.5 Å². The standard InChI is InChI=1S/C28H24FN7O3/c1-2-39-19-10-11-24(35(38)16-19)27-34-33-26(36(27)23-9-4-3-7-21(23)29)17-14-18(15-17)32-28(37)20-6-5-8-22-25(20)31-13-12-30-22/h3-13,16-18H,2,14-15H2,1H3,(H-,32,34,37,38)/p+1. The van der Waals surface area contributed by atoms with Crippen molar-refractivity contribution in [1.29, 1.82) is 0 Å². The molecule has 0 unspecified atom stereocenters. The zero-order chi connectivity index (χ0) is 26.9. The minimum absolute atomic E-state index is 0.0849. The van der Waals surface area contributed by atoms with Crippen LogP contribution in [0, 0.1) is 5.82 Å². The second-order valence-electron chi connectivity index (χ2n) is 9.26. The summed E-state index contributed by atoms with van der Waals surface area (Å²) in [6.07, 6.45) is 5.76. The predicted octanol–water partition coefficient (Wildman–Crippen LogP) is 3.62. The molecule has 0 saturated heterocycles. The molecule has 10 nitrogen and oxygen atoms in total. The molecular formula is C28H25FN7O3+. The van der Waals surface area contributed by atoms with E-state index in [0.717, 1.165) is 4.73 Å². The van der Waals surface area contributed by atoms with Crippen molar-refractivity contribution in [2.24, 2.45) is 0 Å². The third-order valence-corrected chi connectivity index (χ3v) is 6.81. The lowest BCUT2D eigenvalue weighted by Gasteiger charge is -2.35. The van der Waals surface area contributed by atoms with Crippen molar-refractivity contribution in [2.45, 2.75) is 31.7 Å². The molecule has 0 bridgehead atoms. The van der Waals surface area contributed by atoms with Gasteiger partial charge in [0.15, 0.2) is 5.75 Å². The number of benzene rings is 2. The van der Waals surface area contributed by atoms with Gasteiger partial charge in [-0.1, -0.05) is 18.2 Å². The number of halogens is 1. The van der Waals surface area contributed by atoms with E-state index in [9.17, 15) is 10.0 Å². The molecule has 196 valence electrons. The van der Waals surface area contributed by atoms with E-state index in [-0.39, 0.29) is 29.4 Å². The smallest absolute Gasteiger partial charge is 0.302 e. The van der Waals surface area contributed by atoms with Gasteiger partial charge in [0.1, 0.15) is 17.2 Å². The summed E-state index contributed by atoms with van der Waals surface area (Å²) in [6.45, 7) is 2.29. The number of carbonyl (C=O) groups is 1. The molecule has 11 heteroatoms. The lowest BCUT2D eigenvalue weighted by Crippen LogP contribution is -2.44. The number of fused-ring (bicyclic) bond motifs is 1. The molecule has 1 amide bonds. The van der Waals surface area contributed by atoms with Crippen LogP contribution >= 0.6 is 0 Å². The quantitative estimate of drug-likeness (QED) is 0.246. The summed E-state index contributed by atoms with van der Waals surface area (Å²) in [7, 11) is 0. The monoisotopic (exact) mass is 526 g/mol. The molecule has 5 aromatic rings. The van der Waals surface area contributed by atoms with E-state index >= 15 is 4.39 Å². The van der Waals surface area contributed by atoms with Crippen molar-refractivity contribution in [3.05, 3.63) is 90.4 Å². The normalized spacial score (nSPS) is 16.6. The first-order valence-electron chi connectivity index (χ1n) is 12.6. The maximum absolute atomic E-state index is 15.0. The molecule has 3 heterocycles. The van der Waals surface area contributed by atoms with Crippen molar-refractivity contribution < 1.29 is 23.9 Å². The zero-order valence-electron chi connectivity index (χ0n) is 21.0. The second kappa shape index (κ2) is 10.1. The Morgan fingerprint density at radius 3 is 2.72 bits per heavy atom. The van der Waals surface area contributed by atoms with Crippen molar-refractivity contribution in [2.75, 3.05) is 6.61 Å². The third kappa shape index (κ3) is 4.52. The number of aromatic nitrogens is 6. The van der Waals surface area contributed by atoms with Gasteiger partial charge in [-0.2, -0.15) is 0 Å². The Morgan fingerprint density at radius 2 is 1.92 bits per heavy atom. The number of nitrogens with zero attached hydrogens (tertiary/aromatic N) is 6. The van der Waals surface area contributed by atoms with Crippen LogP contribution in [0.25, 0.3) is 28.2 Å². The Morgan fingerprint density at radius 1 is 1.10 bits per heavy atom. The molecule has 0 atom stereocenters. The maximum atomic E-state index is 15.0. The highest BCUT2D eigenvalue weighted by atomic mass is 19.1. The molecule has 0 aliphatic heterocycles. The number of carbonyl (C=O) groups excluding carboxylic acids is 1. The van der Waals surface area contributed by atoms with Gasteiger partial charge in [0.2, 0.25) is 5.82 Å². The average molecular weight is 527 g/mol. The fourth-order valence-electron chi connectivity index (χ4n) is 4.88. The van der Waals surface area contributed by atoms with Crippen molar-refractivity contribution in [3.8, 4) is 23.0 Å². The Bertz CT molecular complexity index is 1680. The van der Waals surface area contributed by atoms with Gasteiger partial charge in [0, 0.05) is 35.2 Å². The second-order valence-corrected chi connectivity index (χ2v) is 9.26. The first kappa shape index (κ1) is 24.4. The SMILES string of the molecule is CCOc1ccc(-c2nnc(C3CC(NC(=O)c4cccc5nccnc45)C3)n2-c2ccccc2F)[n+](O)c1. The minimum Gasteiger partial charge on any atom is -0.488 e. The van der Waals surface area contributed by atoms with E-state index in [0.29, 0.717) is 53.3 Å². The topological polar surface area (TPSA) is 119 Å². The van der Waals surface area contributed by atoms with E-state index < -0.39 is 5.82 Å². The summed E-state index contributed by atoms with van der Waals surface area (Å²) in [4.78, 5) is 21.6. The molecule has 0 spiro atoms. The summed E-state index contributed by atoms with van der Waals surface area (Å²) in [5.74, 6) is 0.551. The molecule has 0 radical (unpaired) electrons. The third-order valence-electron chi connectivity index (χ3n) is 6.81. The van der Waals surface area contributed by atoms with Gasteiger partial charge in [-0.05, 0) is 50.1 Å². The molecular weight excluding hydrogens is 501 g/mol. The number of amides is 1. The van der Waals surface area contributed by atoms with Crippen LogP contribution in [0.1, 0.15) is 41.9 Å². The lowest BCUT2D eigenvalue weighted by molar-refractivity contribution is -0.896. The fraction of sp³-hybridized carbons (Fsp3) is 0.214. The van der Waals surface area contributed by atoms with Crippen molar-refractivity contribution in [3.63, 3.8) is 0 Å². The zero-order valence-corrected chi connectivity index (χ0v) is 21.0. The fourth-order valence-corrected chi connectivity index (χ4v) is 4.88. The summed E-state index contributed by atoms with van der Waals surface area (Å²) in [5.41, 5.74) is 2.25. The van der Waals surface area contributed by atoms with Crippen LogP contribution in [0.4, 0.5) is 4.39 Å². The van der Waals surface area contributed by atoms with Gasteiger partial charge in [-0.3, -0.25) is 24.5 Å². The van der Waals surface area contributed by atoms with Gasteiger partial charge in [0.25, 0.3) is 12.1 Å². The summed E-state index contributed by atoms with van der Waals surface area (Å²) < 4.78 is 23.0. The highest BCUT2D eigenvalue weighted by Crippen LogP contribution is 2.39. The Hall–Kier alpha value is -4.93. The highest BCUT2D eigenvalue weighted by Gasteiger charge is 2.38. The highest BCUT2D eigenvalue weighted by molar-refractivity contribution is 6.04. The van der Waals surface area contributed by atoms with Crippen molar-refractivity contribution in [1.82, 2.24) is 30.0 Å². The number of hydrogen-bond donors (Lipinski definition) is 2. The predicted molar refractivity (Wildman–Crippen MR) is 138 cm³/mol. The molecule has 1 fully saturated rings. The van der Waals surface area contributed by atoms with Crippen LogP contribution in [0.2, 0.25) is 0 Å². The van der Waals surface area contributed by atoms with Crippen LogP contribution in [0.5, 0.6) is 5.75 Å². The first-order valence-corrected chi connectivity index (χ1v) is 12.6. The molecule has 3 aromatic heterocycles. The number of rotatable bonds is 7. The largest absolute Gasteiger partial charge is 0.488 e. The van der Waals surface area contributed by atoms with E-state index in [1.807, 2.05) is 13.0 Å². The van der Waals surface area contributed by atoms with Crippen LogP contribution in [-0.4, -0.2) is 48.5 Å². The molecule has 1 aliphatic carbocycles. The van der Waals surface area contributed by atoms with Crippen LogP contribution < -0.4 is 14.8 Å². The average Bonchev–Trinajstić information content (AvgIpc) is 3.34. The van der Waals surface area contributed by atoms with Crippen molar-refractivity contribution >= 4 is 16.9 Å². The number of nitrogens with one attached hydrogen (secondary N) is 1. The molecule has 2 aromatic carbocycles. The van der Waals surface area contributed by atoms with Gasteiger partial charge in [-0.15, -0.1) is 10.2 Å². The van der Waals surface area contributed by atoms with E-state index in [4.69, 9.17) is 4.74 Å². The van der Waals surface area contributed by atoms with Gasteiger partial charge < -0.3 is 10.1 Å².